The summed E-state index contributed by atoms with van der Waals surface area (Å²) in [5, 5.41) is 4.46. The summed E-state index contributed by atoms with van der Waals surface area (Å²) < 4.78 is 2.07. The number of aromatic nitrogens is 2. The van der Waals surface area contributed by atoms with E-state index in [4.69, 9.17) is 5.73 Å². The molecular formula is C12H21N3. The predicted octanol–water partition coefficient (Wildman–Crippen LogP) is 2.66. The molecule has 1 aromatic heterocycles. The number of rotatable bonds is 3. The molecule has 0 radical (unpaired) electrons. The number of nitrogens with two attached hydrogens (primary N) is 1. The van der Waals surface area contributed by atoms with Crippen molar-refractivity contribution in [2.24, 2.45) is 5.92 Å². The Bertz CT molecular complexity index is 335. The van der Waals surface area contributed by atoms with Gasteiger partial charge in [-0.1, -0.05) is 25.7 Å². The Balaban J connectivity index is 1.95. The minimum absolute atomic E-state index is 0.862. The molecule has 0 spiro atoms. The van der Waals surface area contributed by atoms with Crippen molar-refractivity contribution >= 4 is 5.69 Å². The van der Waals surface area contributed by atoms with Gasteiger partial charge in [-0.2, -0.15) is 5.10 Å². The van der Waals surface area contributed by atoms with Crippen LogP contribution in [0.1, 0.15) is 43.5 Å². The van der Waals surface area contributed by atoms with Crippen molar-refractivity contribution in [1.29, 1.82) is 0 Å². The molecule has 0 saturated heterocycles. The molecule has 0 unspecified atom stereocenters. The van der Waals surface area contributed by atoms with Gasteiger partial charge in [-0.25, -0.2) is 0 Å². The fourth-order valence-corrected chi connectivity index (χ4v) is 2.53. The van der Waals surface area contributed by atoms with Gasteiger partial charge in [0.2, 0.25) is 0 Å². The summed E-state index contributed by atoms with van der Waals surface area (Å²) in [7, 11) is 0. The van der Waals surface area contributed by atoms with E-state index in [-0.39, 0.29) is 0 Å². The Labute approximate surface area is 91.7 Å². The van der Waals surface area contributed by atoms with Crippen LogP contribution in [-0.4, -0.2) is 9.78 Å². The summed E-state index contributed by atoms with van der Waals surface area (Å²) in [4.78, 5) is 0. The molecule has 1 fully saturated rings. The van der Waals surface area contributed by atoms with Crippen molar-refractivity contribution in [3.05, 3.63) is 11.4 Å². The minimum Gasteiger partial charge on any atom is -0.396 e. The van der Waals surface area contributed by atoms with Gasteiger partial charge in [-0.3, -0.25) is 4.68 Å². The fraction of sp³-hybridized carbons (Fsp3) is 0.750. The highest BCUT2D eigenvalue weighted by atomic mass is 15.3. The second-order valence-corrected chi connectivity index (χ2v) is 4.75. The number of hydrogen-bond acceptors (Lipinski definition) is 2. The van der Waals surface area contributed by atoms with Gasteiger partial charge >= 0.3 is 0 Å². The smallest absolute Gasteiger partial charge is 0.0825 e. The van der Waals surface area contributed by atoms with E-state index >= 15 is 0 Å². The molecule has 0 atom stereocenters. The Kier molecular flexibility index (Phi) is 2.98. The third kappa shape index (κ3) is 2.16. The van der Waals surface area contributed by atoms with Gasteiger partial charge in [0.05, 0.1) is 17.1 Å². The predicted molar refractivity (Wildman–Crippen MR) is 62.7 cm³/mol. The molecular weight excluding hydrogens is 186 g/mol. The second-order valence-electron chi connectivity index (χ2n) is 4.75. The Morgan fingerprint density at radius 2 is 2.00 bits per heavy atom. The van der Waals surface area contributed by atoms with Gasteiger partial charge in [-0.15, -0.1) is 0 Å². The van der Waals surface area contributed by atoms with E-state index < -0.39 is 0 Å². The number of nitrogens with zero attached hydrogens (tertiary/aromatic N) is 2. The van der Waals surface area contributed by atoms with Crippen molar-refractivity contribution in [2.75, 3.05) is 5.73 Å². The summed E-state index contributed by atoms with van der Waals surface area (Å²) >= 11 is 0. The highest BCUT2D eigenvalue weighted by Crippen LogP contribution is 2.28. The lowest BCUT2D eigenvalue weighted by atomic mass is 10.0. The lowest BCUT2D eigenvalue weighted by Gasteiger charge is -2.09. The van der Waals surface area contributed by atoms with Gasteiger partial charge in [0.15, 0.2) is 0 Å². The van der Waals surface area contributed by atoms with Crippen molar-refractivity contribution in [3.63, 3.8) is 0 Å². The first kappa shape index (κ1) is 10.5. The van der Waals surface area contributed by atoms with Crippen LogP contribution in [0, 0.1) is 19.8 Å². The molecule has 3 heteroatoms. The molecule has 3 nitrogen and oxygen atoms in total. The Hall–Kier alpha value is -0.990. The molecule has 2 rings (SSSR count). The summed E-state index contributed by atoms with van der Waals surface area (Å²) in [5.74, 6) is 0.926. The SMILES string of the molecule is Cc1nn(CCC2CCCC2)c(C)c1N. The molecule has 84 valence electrons. The normalized spacial score (nSPS) is 17.5. The monoisotopic (exact) mass is 207 g/mol. The van der Waals surface area contributed by atoms with Crippen LogP contribution >= 0.6 is 0 Å². The minimum atomic E-state index is 0.862. The maximum absolute atomic E-state index is 5.90. The zero-order valence-corrected chi connectivity index (χ0v) is 9.79. The quantitative estimate of drug-likeness (QED) is 0.828. The van der Waals surface area contributed by atoms with Gasteiger partial charge in [-0.05, 0) is 26.2 Å². The largest absolute Gasteiger partial charge is 0.396 e. The molecule has 0 bridgehead atoms. The molecule has 2 N–H and O–H groups in total. The maximum atomic E-state index is 5.90. The fourth-order valence-electron chi connectivity index (χ4n) is 2.53. The molecule has 1 aromatic rings. The lowest BCUT2D eigenvalue weighted by Crippen LogP contribution is -2.07. The van der Waals surface area contributed by atoms with Crippen LogP contribution < -0.4 is 5.73 Å². The van der Waals surface area contributed by atoms with Crippen molar-refractivity contribution in [1.82, 2.24) is 9.78 Å². The second kappa shape index (κ2) is 4.25. The number of hydrogen-bond donors (Lipinski definition) is 1. The average molecular weight is 207 g/mol. The van der Waals surface area contributed by atoms with Gasteiger partial charge in [0.1, 0.15) is 0 Å². The first-order valence-electron chi connectivity index (χ1n) is 5.98. The molecule has 1 saturated carbocycles. The standard InChI is InChI=1S/C12H21N3/c1-9-12(13)10(2)15(14-9)8-7-11-5-3-4-6-11/h11H,3-8,13H2,1-2H3. The molecule has 0 amide bonds. The van der Waals surface area contributed by atoms with E-state index in [1.807, 2.05) is 6.92 Å². The zero-order chi connectivity index (χ0) is 10.8. The van der Waals surface area contributed by atoms with Crippen LogP contribution in [0.4, 0.5) is 5.69 Å². The van der Waals surface area contributed by atoms with Crippen LogP contribution in [-0.2, 0) is 6.54 Å². The van der Waals surface area contributed by atoms with Crippen molar-refractivity contribution in [3.8, 4) is 0 Å². The average Bonchev–Trinajstić information content (AvgIpc) is 2.80. The third-order valence-corrected chi connectivity index (χ3v) is 3.66. The van der Waals surface area contributed by atoms with Crippen LogP contribution in [0.3, 0.4) is 0 Å². The highest BCUT2D eigenvalue weighted by molar-refractivity contribution is 5.46. The summed E-state index contributed by atoms with van der Waals surface area (Å²) in [6.07, 6.45) is 6.93. The lowest BCUT2D eigenvalue weighted by molar-refractivity contribution is 0.434. The summed E-state index contributed by atoms with van der Waals surface area (Å²) in [6, 6.07) is 0. The van der Waals surface area contributed by atoms with E-state index in [9.17, 15) is 0 Å². The van der Waals surface area contributed by atoms with Crippen LogP contribution in [0.5, 0.6) is 0 Å². The van der Waals surface area contributed by atoms with E-state index in [2.05, 4.69) is 16.7 Å². The zero-order valence-electron chi connectivity index (χ0n) is 9.79. The Morgan fingerprint density at radius 1 is 1.33 bits per heavy atom. The summed E-state index contributed by atoms with van der Waals surface area (Å²) in [5.41, 5.74) is 8.87. The van der Waals surface area contributed by atoms with Gasteiger partial charge in [0.25, 0.3) is 0 Å². The van der Waals surface area contributed by atoms with E-state index in [0.29, 0.717) is 0 Å². The first-order valence-corrected chi connectivity index (χ1v) is 5.98. The molecule has 1 aliphatic carbocycles. The van der Waals surface area contributed by atoms with Gasteiger partial charge < -0.3 is 5.73 Å². The van der Waals surface area contributed by atoms with Gasteiger partial charge in [0, 0.05) is 6.54 Å². The number of nitrogen functional groups attached to an aromatic ring is 1. The van der Waals surface area contributed by atoms with E-state index in [0.717, 1.165) is 29.5 Å². The third-order valence-electron chi connectivity index (χ3n) is 3.66. The van der Waals surface area contributed by atoms with E-state index in [1.54, 1.807) is 0 Å². The molecule has 1 aliphatic rings. The topological polar surface area (TPSA) is 43.8 Å². The molecule has 0 aromatic carbocycles. The molecule has 15 heavy (non-hydrogen) atoms. The maximum Gasteiger partial charge on any atom is 0.0825 e. The van der Waals surface area contributed by atoms with Crippen molar-refractivity contribution < 1.29 is 0 Å². The first-order chi connectivity index (χ1) is 7.18. The van der Waals surface area contributed by atoms with Crippen molar-refractivity contribution in [2.45, 2.75) is 52.5 Å². The van der Waals surface area contributed by atoms with Crippen LogP contribution in [0.25, 0.3) is 0 Å². The van der Waals surface area contributed by atoms with Crippen LogP contribution in [0.15, 0.2) is 0 Å². The van der Waals surface area contributed by atoms with Crippen LogP contribution in [0.2, 0.25) is 0 Å². The molecule has 1 heterocycles. The summed E-state index contributed by atoms with van der Waals surface area (Å²) in [6.45, 7) is 5.08. The number of aryl methyl sites for hydroxylation is 2. The van der Waals surface area contributed by atoms with E-state index in [1.165, 1.54) is 32.1 Å². The molecule has 0 aliphatic heterocycles. The number of anilines is 1. The Morgan fingerprint density at radius 3 is 2.53 bits per heavy atom. The highest BCUT2D eigenvalue weighted by Gasteiger charge is 2.16.